The summed E-state index contributed by atoms with van der Waals surface area (Å²) in [7, 11) is 0. The molecule has 3 rings (SSSR count). The van der Waals surface area contributed by atoms with Crippen LogP contribution in [0.5, 0.6) is 0 Å². The van der Waals surface area contributed by atoms with E-state index in [-0.39, 0.29) is 0 Å². The molecule has 1 saturated carbocycles. The Morgan fingerprint density at radius 2 is 2.00 bits per heavy atom. The lowest BCUT2D eigenvalue weighted by molar-refractivity contribution is 0.438. The second-order valence-corrected chi connectivity index (χ2v) is 6.22. The highest BCUT2D eigenvalue weighted by Gasteiger charge is 2.18. The topological polar surface area (TPSA) is 12.9 Å². The van der Waals surface area contributed by atoms with Crippen LogP contribution in [0, 0.1) is 0 Å². The van der Waals surface area contributed by atoms with Gasteiger partial charge in [0, 0.05) is 21.9 Å². The van der Waals surface area contributed by atoms with E-state index >= 15 is 0 Å². The third kappa shape index (κ3) is 2.60. The Hall–Kier alpha value is -0.860. The Morgan fingerprint density at radius 3 is 2.78 bits per heavy atom. The van der Waals surface area contributed by atoms with E-state index < -0.39 is 0 Å². The summed E-state index contributed by atoms with van der Waals surface area (Å²) in [5, 5.41) is 4.10. The molecule has 0 N–H and O–H groups in total. The SMILES string of the molecule is Clc1cccc(-c2nc(C3CCCCC3)cs2)c1. The van der Waals surface area contributed by atoms with Crippen LogP contribution in [-0.2, 0) is 0 Å². The monoisotopic (exact) mass is 277 g/mol. The number of benzene rings is 1. The first kappa shape index (κ1) is 12.2. The lowest BCUT2D eigenvalue weighted by Gasteiger charge is -2.19. The van der Waals surface area contributed by atoms with E-state index in [1.165, 1.54) is 37.8 Å². The van der Waals surface area contributed by atoms with Crippen molar-refractivity contribution in [3.05, 3.63) is 40.4 Å². The van der Waals surface area contributed by atoms with Gasteiger partial charge >= 0.3 is 0 Å². The van der Waals surface area contributed by atoms with Gasteiger partial charge in [-0.25, -0.2) is 4.98 Å². The summed E-state index contributed by atoms with van der Waals surface area (Å²) in [6, 6.07) is 7.96. The molecular formula is C15H16ClNS. The Bertz CT molecular complexity index is 529. The van der Waals surface area contributed by atoms with Gasteiger partial charge in [-0.3, -0.25) is 0 Å². The molecule has 2 aromatic rings. The second kappa shape index (κ2) is 5.41. The molecule has 0 amide bonds. The van der Waals surface area contributed by atoms with E-state index in [4.69, 9.17) is 16.6 Å². The van der Waals surface area contributed by atoms with E-state index in [9.17, 15) is 0 Å². The van der Waals surface area contributed by atoms with Gasteiger partial charge in [0.1, 0.15) is 5.01 Å². The fourth-order valence-corrected chi connectivity index (χ4v) is 3.72. The number of nitrogens with zero attached hydrogens (tertiary/aromatic N) is 1. The van der Waals surface area contributed by atoms with Gasteiger partial charge in [-0.15, -0.1) is 11.3 Å². The Kier molecular flexibility index (Phi) is 3.67. The molecule has 0 aliphatic heterocycles. The maximum atomic E-state index is 6.03. The zero-order chi connectivity index (χ0) is 12.4. The first-order valence-corrected chi connectivity index (χ1v) is 7.80. The molecule has 1 aromatic carbocycles. The molecule has 1 aliphatic rings. The fraction of sp³-hybridized carbons (Fsp3) is 0.400. The van der Waals surface area contributed by atoms with Crippen LogP contribution in [0.4, 0.5) is 0 Å². The standard InChI is InChI=1S/C15H16ClNS/c16-13-8-4-7-12(9-13)15-17-14(10-18-15)11-5-2-1-3-6-11/h4,7-11H,1-3,5-6H2. The molecule has 0 spiro atoms. The summed E-state index contributed by atoms with van der Waals surface area (Å²) < 4.78 is 0. The zero-order valence-electron chi connectivity index (χ0n) is 10.2. The molecule has 0 atom stereocenters. The van der Waals surface area contributed by atoms with Crippen molar-refractivity contribution in [2.24, 2.45) is 0 Å². The summed E-state index contributed by atoms with van der Waals surface area (Å²) in [5.74, 6) is 0.683. The van der Waals surface area contributed by atoms with Gasteiger partial charge in [-0.2, -0.15) is 0 Å². The highest BCUT2D eigenvalue weighted by molar-refractivity contribution is 7.13. The number of rotatable bonds is 2. The van der Waals surface area contributed by atoms with Crippen LogP contribution in [-0.4, -0.2) is 4.98 Å². The molecule has 18 heavy (non-hydrogen) atoms. The molecular weight excluding hydrogens is 262 g/mol. The normalized spacial score (nSPS) is 16.9. The van der Waals surface area contributed by atoms with Crippen LogP contribution in [0.3, 0.4) is 0 Å². The highest BCUT2D eigenvalue weighted by Crippen LogP contribution is 2.35. The molecule has 94 valence electrons. The van der Waals surface area contributed by atoms with Crippen molar-refractivity contribution in [2.75, 3.05) is 0 Å². The van der Waals surface area contributed by atoms with Crippen LogP contribution in [0.25, 0.3) is 10.6 Å². The molecule has 1 aromatic heterocycles. The number of thiazole rings is 1. The minimum absolute atomic E-state index is 0.683. The molecule has 0 unspecified atom stereocenters. The van der Waals surface area contributed by atoms with E-state index in [2.05, 4.69) is 11.4 Å². The van der Waals surface area contributed by atoms with Gasteiger partial charge in [-0.1, -0.05) is 43.0 Å². The lowest BCUT2D eigenvalue weighted by atomic mass is 9.87. The third-order valence-electron chi connectivity index (χ3n) is 3.62. The average Bonchev–Trinajstić information content (AvgIpc) is 2.89. The first-order chi connectivity index (χ1) is 8.83. The predicted octanol–water partition coefficient (Wildman–Crippen LogP) is 5.51. The van der Waals surface area contributed by atoms with Crippen LogP contribution in [0.2, 0.25) is 5.02 Å². The van der Waals surface area contributed by atoms with Gasteiger partial charge in [0.15, 0.2) is 0 Å². The second-order valence-electron chi connectivity index (χ2n) is 4.92. The Balaban J connectivity index is 1.84. The van der Waals surface area contributed by atoms with Crippen LogP contribution in [0.15, 0.2) is 29.6 Å². The molecule has 1 heterocycles. The first-order valence-electron chi connectivity index (χ1n) is 6.54. The van der Waals surface area contributed by atoms with Crippen LogP contribution < -0.4 is 0 Å². The average molecular weight is 278 g/mol. The van der Waals surface area contributed by atoms with Gasteiger partial charge in [-0.05, 0) is 25.0 Å². The number of hydrogen-bond donors (Lipinski definition) is 0. The zero-order valence-corrected chi connectivity index (χ0v) is 11.8. The van der Waals surface area contributed by atoms with Crippen LogP contribution in [0.1, 0.15) is 43.7 Å². The minimum atomic E-state index is 0.683. The van der Waals surface area contributed by atoms with E-state index in [0.29, 0.717) is 5.92 Å². The number of aromatic nitrogens is 1. The quantitative estimate of drug-likeness (QED) is 0.705. The van der Waals surface area contributed by atoms with E-state index in [1.807, 2.05) is 18.2 Å². The van der Waals surface area contributed by atoms with Gasteiger partial charge < -0.3 is 0 Å². The van der Waals surface area contributed by atoms with E-state index in [0.717, 1.165) is 15.6 Å². The molecule has 1 fully saturated rings. The van der Waals surface area contributed by atoms with Gasteiger partial charge in [0.05, 0.1) is 5.69 Å². The molecule has 1 aliphatic carbocycles. The van der Waals surface area contributed by atoms with E-state index in [1.54, 1.807) is 11.3 Å². The lowest BCUT2D eigenvalue weighted by Crippen LogP contribution is -2.04. The summed E-state index contributed by atoms with van der Waals surface area (Å²) >= 11 is 7.76. The maximum Gasteiger partial charge on any atom is 0.123 e. The van der Waals surface area contributed by atoms with Crippen molar-refractivity contribution in [3.8, 4) is 10.6 Å². The Morgan fingerprint density at radius 1 is 1.17 bits per heavy atom. The van der Waals surface area contributed by atoms with Crippen molar-refractivity contribution in [2.45, 2.75) is 38.0 Å². The van der Waals surface area contributed by atoms with Crippen molar-refractivity contribution in [1.82, 2.24) is 4.98 Å². The fourth-order valence-electron chi connectivity index (χ4n) is 2.63. The largest absolute Gasteiger partial charge is 0.241 e. The van der Waals surface area contributed by atoms with Crippen molar-refractivity contribution >= 4 is 22.9 Å². The number of halogens is 1. The van der Waals surface area contributed by atoms with Crippen molar-refractivity contribution < 1.29 is 0 Å². The third-order valence-corrected chi connectivity index (χ3v) is 4.76. The van der Waals surface area contributed by atoms with Crippen molar-refractivity contribution in [1.29, 1.82) is 0 Å². The summed E-state index contributed by atoms with van der Waals surface area (Å²) in [4.78, 5) is 4.81. The molecule has 1 nitrogen and oxygen atoms in total. The maximum absolute atomic E-state index is 6.03. The summed E-state index contributed by atoms with van der Waals surface area (Å²) in [6.45, 7) is 0. The molecule has 0 bridgehead atoms. The highest BCUT2D eigenvalue weighted by atomic mass is 35.5. The van der Waals surface area contributed by atoms with Crippen molar-refractivity contribution in [3.63, 3.8) is 0 Å². The summed E-state index contributed by atoms with van der Waals surface area (Å²) in [5.41, 5.74) is 2.42. The van der Waals surface area contributed by atoms with Gasteiger partial charge in [0.2, 0.25) is 0 Å². The van der Waals surface area contributed by atoms with Gasteiger partial charge in [0.25, 0.3) is 0 Å². The van der Waals surface area contributed by atoms with Crippen LogP contribution >= 0.6 is 22.9 Å². The minimum Gasteiger partial charge on any atom is -0.241 e. The predicted molar refractivity (Wildman–Crippen MR) is 78.4 cm³/mol. The molecule has 3 heteroatoms. The molecule has 0 radical (unpaired) electrons. The molecule has 0 saturated heterocycles. The smallest absolute Gasteiger partial charge is 0.123 e. The summed E-state index contributed by atoms with van der Waals surface area (Å²) in [6.07, 6.45) is 6.71. The Labute approximate surface area is 117 Å². The number of hydrogen-bond acceptors (Lipinski definition) is 2.